The maximum Gasteiger partial charge on any atom is 0.268 e. The van der Waals surface area contributed by atoms with Crippen LogP contribution in [0.25, 0.3) is 0 Å². The zero-order valence-electron chi connectivity index (χ0n) is 11.9. The first-order chi connectivity index (χ1) is 8.94. The van der Waals surface area contributed by atoms with Crippen molar-refractivity contribution in [3.63, 3.8) is 0 Å². The summed E-state index contributed by atoms with van der Waals surface area (Å²) in [7, 11) is 1.74. The predicted molar refractivity (Wildman–Crippen MR) is 73.4 cm³/mol. The molecule has 0 spiro atoms. The number of hydrogen-bond donors (Lipinski definition) is 1. The van der Waals surface area contributed by atoms with E-state index in [-0.39, 0.29) is 11.3 Å². The molecule has 0 radical (unpaired) electrons. The van der Waals surface area contributed by atoms with Gasteiger partial charge in [-0.05, 0) is 63.2 Å². The van der Waals surface area contributed by atoms with Crippen LogP contribution in [0.15, 0.2) is 5.10 Å². The Morgan fingerprint density at radius 1 is 1.16 bits per heavy atom. The first-order valence-corrected chi connectivity index (χ1v) is 7.57. The van der Waals surface area contributed by atoms with Crippen molar-refractivity contribution in [3.05, 3.63) is 0 Å². The smallest absolute Gasteiger partial charge is 0.268 e. The molecule has 19 heavy (non-hydrogen) atoms. The zero-order valence-corrected chi connectivity index (χ0v) is 11.9. The van der Waals surface area contributed by atoms with Crippen molar-refractivity contribution in [1.82, 2.24) is 5.01 Å². The van der Waals surface area contributed by atoms with Crippen LogP contribution < -0.4 is 5.73 Å². The third-order valence-electron chi connectivity index (χ3n) is 6.38. The van der Waals surface area contributed by atoms with Gasteiger partial charge >= 0.3 is 0 Å². The van der Waals surface area contributed by atoms with Crippen molar-refractivity contribution < 1.29 is 4.79 Å². The second kappa shape index (κ2) is 3.40. The average Bonchev–Trinajstić information content (AvgIpc) is 2.53. The van der Waals surface area contributed by atoms with Gasteiger partial charge in [0.1, 0.15) is 5.54 Å². The van der Waals surface area contributed by atoms with Gasteiger partial charge < -0.3 is 5.73 Å². The highest BCUT2D eigenvalue weighted by atomic mass is 16.2. The highest BCUT2D eigenvalue weighted by Gasteiger charge is 2.65. The molecule has 0 aromatic carbocycles. The summed E-state index contributed by atoms with van der Waals surface area (Å²) in [6, 6.07) is 0. The molecular weight excluding hydrogens is 238 g/mol. The van der Waals surface area contributed by atoms with E-state index in [0.29, 0.717) is 0 Å². The number of hydrogen-bond acceptors (Lipinski definition) is 3. The Balaban J connectivity index is 1.80. The van der Waals surface area contributed by atoms with Gasteiger partial charge in [0.25, 0.3) is 5.91 Å². The second-order valence-electron chi connectivity index (χ2n) is 7.52. The van der Waals surface area contributed by atoms with Crippen molar-refractivity contribution in [2.24, 2.45) is 34.0 Å². The molecule has 4 heteroatoms. The molecule has 5 aliphatic rings. The van der Waals surface area contributed by atoms with E-state index in [2.05, 4.69) is 5.10 Å². The van der Waals surface area contributed by atoms with E-state index >= 15 is 0 Å². The normalized spacial score (nSPS) is 51.9. The van der Waals surface area contributed by atoms with Gasteiger partial charge in [-0.1, -0.05) is 0 Å². The molecule has 104 valence electrons. The van der Waals surface area contributed by atoms with Crippen molar-refractivity contribution in [3.8, 4) is 0 Å². The molecule has 4 saturated carbocycles. The van der Waals surface area contributed by atoms with Crippen LogP contribution in [0, 0.1) is 23.2 Å². The van der Waals surface area contributed by atoms with Crippen LogP contribution >= 0.6 is 0 Å². The average molecular weight is 261 g/mol. The van der Waals surface area contributed by atoms with Crippen LogP contribution in [0.1, 0.15) is 45.4 Å². The first kappa shape index (κ1) is 11.9. The zero-order chi connectivity index (χ0) is 13.4. The standard InChI is InChI=1S/C15H23N3O/c1-9-15(16,13(19)18(2)17-9)14-6-10-3-11(7-14)5-12(4-10)8-14/h10-12H,3-8,16H2,1-2H3. The van der Waals surface area contributed by atoms with E-state index < -0.39 is 5.54 Å². The van der Waals surface area contributed by atoms with Crippen LogP contribution in [-0.4, -0.2) is 29.2 Å². The second-order valence-corrected chi connectivity index (χ2v) is 7.52. The van der Waals surface area contributed by atoms with E-state index in [1.807, 2.05) is 6.92 Å². The lowest BCUT2D eigenvalue weighted by atomic mass is 9.44. The van der Waals surface area contributed by atoms with E-state index in [9.17, 15) is 4.79 Å². The SMILES string of the molecule is CC1=NN(C)C(=O)C1(N)C12CC3CC(CC(C3)C1)C2. The maximum atomic E-state index is 12.6. The van der Waals surface area contributed by atoms with Crippen LogP contribution in [0.4, 0.5) is 0 Å². The lowest BCUT2D eigenvalue weighted by Gasteiger charge is -2.61. The minimum absolute atomic E-state index is 0.00280. The molecule has 1 amide bonds. The molecule has 0 saturated heterocycles. The van der Waals surface area contributed by atoms with Gasteiger partial charge in [-0.25, -0.2) is 5.01 Å². The molecule has 4 aliphatic carbocycles. The summed E-state index contributed by atoms with van der Waals surface area (Å²) < 4.78 is 0. The molecule has 0 aromatic heterocycles. The van der Waals surface area contributed by atoms with Gasteiger partial charge in [0.15, 0.2) is 0 Å². The summed E-state index contributed by atoms with van der Waals surface area (Å²) >= 11 is 0. The molecule has 2 N–H and O–H groups in total. The Morgan fingerprint density at radius 3 is 2.00 bits per heavy atom. The highest BCUT2D eigenvalue weighted by Crippen LogP contribution is 2.64. The number of carbonyl (C=O) groups is 1. The minimum atomic E-state index is -0.822. The fourth-order valence-corrected chi connectivity index (χ4v) is 5.96. The largest absolute Gasteiger partial charge is 0.312 e. The summed E-state index contributed by atoms with van der Waals surface area (Å²) in [5.74, 6) is 2.43. The third-order valence-corrected chi connectivity index (χ3v) is 6.38. The number of nitrogens with two attached hydrogens (primary N) is 1. The van der Waals surface area contributed by atoms with E-state index in [0.717, 1.165) is 42.7 Å². The van der Waals surface area contributed by atoms with Crippen LogP contribution in [0.2, 0.25) is 0 Å². The van der Waals surface area contributed by atoms with Gasteiger partial charge in [-0.15, -0.1) is 0 Å². The van der Waals surface area contributed by atoms with Gasteiger partial charge in [0, 0.05) is 12.5 Å². The molecule has 4 nitrogen and oxygen atoms in total. The fourth-order valence-electron chi connectivity index (χ4n) is 5.96. The Labute approximate surface area is 114 Å². The quantitative estimate of drug-likeness (QED) is 0.781. The maximum absolute atomic E-state index is 12.6. The highest BCUT2D eigenvalue weighted by molar-refractivity contribution is 6.16. The number of rotatable bonds is 1. The van der Waals surface area contributed by atoms with Crippen molar-refractivity contribution in [2.75, 3.05) is 7.05 Å². The number of likely N-dealkylation sites (N-methyl/N-ethyl adjacent to an activating group) is 1. The van der Waals surface area contributed by atoms with Gasteiger partial charge in [-0.3, -0.25) is 4.79 Å². The molecular formula is C15H23N3O. The summed E-state index contributed by atoms with van der Waals surface area (Å²) in [5, 5.41) is 5.82. The lowest BCUT2D eigenvalue weighted by molar-refractivity contribution is -0.144. The third kappa shape index (κ3) is 1.28. The van der Waals surface area contributed by atoms with Crippen molar-refractivity contribution in [1.29, 1.82) is 0 Å². The number of carbonyl (C=O) groups excluding carboxylic acids is 1. The van der Waals surface area contributed by atoms with Crippen molar-refractivity contribution in [2.45, 2.75) is 51.0 Å². The number of hydrazone groups is 1. The van der Waals surface area contributed by atoms with E-state index in [1.54, 1.807) is 7.05 Å². The molecule has 1 unspecified atom stereocenters. The van der Waals surface area contributed by atoms with E-state index in [1.165, 1.54) is 24.3 Å². The Hall–Kier alpha value is -0.900. The van der Waals surface area contributed by atoms with Gasteiger partial charge in [0.05, 0.1) is 5.71 Å². The van der Waals surface area contributed by atoms with Gasteiger partial charge in [-0.2, -0.15) is 5.10 Å². The molecule has 1 heterocycles. The van der Waals surface area contributed by atoms with Crippen LogP contribution in [0.3, 0.4) is 0 Å². The predicted octanol–water partition coefficient (Wildman–Crippen LogP) is 1.75. The molecule has 4 bridgehead atoms. The monoisotopic (exact) mass is 261 g/mol. The Morgan fingerprint density at radius 2 is 1.63 bits per heavy atom. The number of nitrogens with zero attached hydrogens (tertiary/aromatic N) is 2. The lowest BCUT2D eigenvalue weighted by Crippen LogP contribution is -2.69. The summed E-state index contributed by atoms with van der Waals surface area (Å²) in [4.78, 5) is 12.6. The van der Waals surface area contributed by atoms with Crippen molar-refractivity contribution >= 4 is 11.6 Å². The van der Waals surface area contributed by atoms with Gasteiger partial charge in [0.2, 0.25) is 0 Å². The Kier molecular flexibility index (Phi) is 2.13. The minimum Gasteiger partial charge on any atom is -0.312 e. The van der Waals surface area contributed by atoms with E-state index in [4.69, 9.17) is 5.73 Å². The molecule has 4 fully saturated rings. The molecule has 1 atom stereocenters. The topological polar surface area (TPSA) is 58.7 Å². The first-order valence-electron chi connectivity index (χ1n) is 7.57. The fraction of sp³-hybridized carbons (Fsp3) is 0.867. The van der Waals surface area contributed by atoms with Crippen LogP contribution in [-0.2, 0) is 4.79 Å². The Bertz CT molecular complexity index is 448. The number of amides is 1. The van der Waals surface area contributed by atoms with Crippen LogP contribution in [0.5, 0.6) is 0 Å². The molecule has 0 aromatic rings. The molecule has 1 aliphatic heterocycles. The molecule has 5 rings (SSSR count). The summed E-state index contributed by atoms with van der Waals surface area (Å²) in [6.45, 7) is 1.94. The summed E-state index contributed by atoms with van der Waals surface area (Å²) in [6.07, 6.45) is 7.53. The summed E-state index contributed by atoms with van der Waals surface area (Å²) in [5.41, 5.74) is 6.72.